The lowest BCUT2D eigenvalue weighted by Gasteiger charge is -2.00. The molecule has 2 heterocycles. The molecule has 2 aromatic heterocycles. The summed E-state index contributed by atoms with van der Waals surface area (Å²) in [7, 11) is 0. The van der Waals surface area contributed by atoms with Crippen LogP contribution in [0.25, 0.3) is 11.0 Å². The fraction of sp³-hybridized carbons (Fsp3) is 0. The molecule has 2 N–H and O–H groups in total. The Kier molecular flexibility index (Phi) is 1.57. The second-order valence-corrected chi connectivity index (χ2v) is 2.57. The Bertz CT molecular complexity index is 498. The van der Waals surface area contributed by atoms with E-state index in [9.17, 15) is 0 Å². The summed E-state index contributed by atoms with van der Waals surface area (Å²) < 4.78 is 0. The van der Waals surface area contributed by atoms with Crippen LogP contribution in [0, 0.1) is 11.3 Å². The molecule has 2 aromatic rings. The Morgan fingerprint density at radius 3 is 3.00 bits per heavy atom. The van der Waals surface area contributed by atoms with E-state index in [2.05, 4.69) is 9.97 Å². The largest absolute Gasteiger partial charge is 0.396 e. The van der Waals surface area contributed by atoms with Crippen molar-refractivity contribution in [3.05, 3.63) is 30.1 Å². The predicted molar refractivity (Wildman–Crippen MR) is 48.7 cm³/mol. The van der Waals surface area contributed by atoms with Gasteiger partial charge in [0.15, 0.2) is 0 Å². The molecular weight excluding hydrogens is 164 g/mol. The Morgan fingerprint density at radius 2 is 2.23 bits per heavy atom. The summed E-state index contributed by atoms with van der Waals surface area (Å²) in [6.07, 6.45) is 3.08. The van der Waals surface area contributed by atoms with Crippen LogP contribution in [0.15, 0.2) is 24.5 Å². The van der Waals surface area contributed by atoms with Gasteiger partial charge in [-0.2, -0.15) is 5.26 Å². The number of hydrogen-bond donors (Lipinski definition) is 1. The number of aromatic nitrogens is 2. The summed E-state index contributed by atoms with van der Waals surface area (Å²) in [6.45, 7) is 0. The van der Waals surface area contributed by atoms with Gasteiger partial charge in [-0.05, 0) is 12.1 Å². The summed E-state index contributed by atoms with van der Waals surface area (Å²) in [4.78, 5) is 8.10. The average molecular weight is 170 g/mol. The number of nitrogens with zero attached hydrogens (tertiary/aromatic N) is 3. The van der Waals surface area contributed by atoms with E-state index in [0.29, 0.717) is 22.3 Å². The average Bonchev–Trinajstić information content (AvgIpc) is 2.19. The van der Waals surface area contributed by atoms with Crippen molar-refractivity contribution in [3.8, 4) is 6.07 Å². The van der Waals surface area contributed by atoms with Crippen molar-refractivity contribution in [3.63, 3.8) is 0 Å². The van der Waals surface area contributed by atoms with E-state index in [1.54, 1.807) is 18.3 Å². The van der Waals surface area contributed by atoms with Gasteiger partial charge in [0.05, 0.1) is 16.8 Å². The number of rotatable bonds is 0. The summed E-state index contributed by atoms with van der Waals surface area (Å²) >= 11 is 0. The molecule has 0 aliphatic carbocycles. The number of hydrogen-bond acceptors (Lipinski definition) is 4. The molecule has 0 aliphatic rings. The van der Waals surface area contributed by atoms with E-state index in [1.165, 1.54) is 6.20 Å². The van der Waals surface area contributed by atoms with Crippen molar-refractivity contribution < 1.29 is 0 Å². The van der Waals surface area contributed by atoms with E-state index in [1.807, 2.05) is 6.07 Å². The highest BCUT2D eigenvalue weighted by molar-refractivity contribution is 5.88. The maximum atomic E-state index is 8.68. The minimum atomic E-state index is 0.367. The van der Waals surface area contributed by atoms with Gasteiger partial charge in [-0.1, -0.05) is 0 Å². The molecule has 62 valence electrons. The second-order valence-electron chi connectivity index (χ2n) is 2.57. The molecule has 0 spiro atoms. The Hall–Kier alpha value is -2.15. The summed E-state index contributed by atoms with van der Waals surface area (Å²) in [5, 5.41) is 8.68. The second kappa shape index (κ2) is 2.72. The zero-order valence-corrected chi connectivity index (χ0v) is 6.73. The van der Waals surface area contributed by atoms with Crippen molar-refractivity contribution >= 4 is 16.7 Å². The van der Waals surface area contributed by atoms with Crippen LogP contribution in [0.4, 0.5) is 5.69 Å². The van der Waals surface area contributed by atoms with Crippen LogP contribution in [0.3, 0.4) is 0 Å². The Morgan fingerprint density at radius 1 is 1.38 bits per heavy atom. The molecule has 0 radical (unpaired) electrons. The highest BCUT2D eigenvalue weighted by atomic mass is 14.8. The van der Waals surface area contributed by atoms with Gasteiger partial charge >= 0.3 is 0 Å². The molecular formula is C9H6N4. The SMILES string of the molecule is N#Cc1cnc2cccnc2c1N. The lowest BCUT2D eigenvalue weighted by molar-refractivity contribution is 1.32. The van der Waals surface area contributed by atoms with Gasteiger partial charge in [-0.3, -0.25) is 9.97 Å². The Labute approximate surface area is 74.6 Å². The van der Waals surface area contributed by atoms with E-state index < -0.39 is 0 Å². The molecule has 2 rings (SSSR count). The van der Waals surface area contributed by atoms with Crippen molar-refractivity contribution in [2.45, 2.75) is 0 Å². The van der Waals surface area contributed by atoms with Crippen LogP contribution in [0.1, 0.15) is 5.56 Å². The molecule has 0 saturated heterocycles. The van der Waals surface area contributed by atoms with Gasteiger partial charge in [-0.15, -0.1) is 0 Å². The first kappa shape index (κ1) is 7.50. The number of nitrogen functional groups attached to an aromatic ring is 1. The maximum absolute atomic E-state index is 8.68. The van der Waals surface area contributed by atoms with Gasteiger partial charge < -0.3 is 5.73 Å². The predicted octanol–water partition coefficient (Wildman–Crippen LogP) is 1.08. The third-order valence-corrected chi connectivity index (χ3v) is 1.78. The molecule has 0 atom stereocenters. The smallest absolute Gasteiger partial charge is 0.113 e. The molecule has 4 heteroatoms. The van der Waals surface area contributed by atoms with Crippen LogP contribution in [-0.2, 0) is 0 Å². The fourth-order valence-corrected chi connectivity index (χ4v) is 1.13. The maximum Gasteiger partial charge on any atom is 0.113 e. The van der Waals surface area contributed by atoms with Gasteiger partial charge in [0.25, 0.3) is 0 Å². The minimum absolute atomic E-state index is 0.367. The molecule has 13 heavy (non-hydrogen) atoms. The van der Waals surface area contributed by atoms with Gasteiger partial charge in [-0.25, -0.2) is 0 Å². The van der Waals surface area contributed by atoms with Crippen LogP contribution in [-0.4, -0.2) is 9.97 Å². The summed E-state index contributed by atoms with van der Waals surface area (Å²) in [6, 6.07) is 5.54. The highest BCUT2D eigenvalue weighted by Crippen LogP contribution is 2.18. The van der Waals surface area contributed by atoms with Crippen LogP contribution >= 0.6 is 0 Å². The summed E-state index contributed by atoms with van der Waals surface area (Å²) in [5.41, 5.74) is 7.76. The minimum Gasteiger partial charge on any atom is -0.396 e. The van der Waals surface area contributed by atoms with E-state index in [0.717, 1.165) is 0 Å². The van der Waals surface area contributed by atoms with E-state index in [-0.39, 0.29) is 0 Å². The zero-order valence-electron chi connectivity index (χ0n) is 6.73. The first-order valence-corrected chi connectivity index (χ1v) is 3.72. The number of anilines is 1. The number of pyridine rings is 2. The molecule has 0 unspecified atom stereocenters. The number of nitriles is 1. The molecule has 4 nitrogen and oxygen atoms in total. The molecule has 0 saturated carbocycles. The molecule has 0 aromatic carbocycles. The number of nitrogens with two attached hydrogens (primary N) is 1. The van der Waals surface area contributed by atoms with Gasteiger partial charge in [0, 0.05) is 12.4 Å². The van der Waals surface area contributed by atoms with Crippen LogP contribution in [0.2, 0.25) is 0 Å². The van der Waals surface area contributed by atoms with Gasteiger partial charge in [0.1, 0.15) is 11.6 Å². The normalized spacial score (nSPS) is 9.77. The van der Waals surface area contributed by atoms with Crippen LogP contribution in [0.5, 0.6) is 0 Å². The molecule has 0 amide bonds. The highest BCUT2D eigenvalue weighted by Gasteiger charge is 2.04. The molecule has 0 fully saturated rings. The third-order valence-electron chi connectivity index (χ3n) is 1.78. The van der Waals surface area contributed by atoms with E-state index in [4.69, 9.17) is 11.0 Å². The van der Waals surface area contributed by atoms with Gasteiger partial charge in [0.2, 0.25) is 0 Å². The Balaban J connectivity index is 2.89. The monoisotopic (exact) mass is 170 g/mol. The lowest BCUT2D eigenvalue weighted by atomic mass is 10.2. The van der Waals surface area contributed by atoms with Crippen molar-refractivity contribution in [1.29, 1.82) is 5.26 Å². The molecule has 0 bridgehead atoms. The molecule has 0 aliphatic heterocycles. The first-order valence-electron chi connectivity index (χ1n) is 3.72. The van der Waals surface area contributed by atoms with Crippen LogP contribution < -0.4 is 5.73 Å². The lowest BCUT2D eigenvalue weighted by Crippen LogP contribution is -1.95. The van der Waals surface area contributed by atoms with E-state index >= 15 is 0 Å². The first-order chi connectivity index (χ1) is 6.33. The zero-order chi connectivity index (χ0) is 9.26. The van der Waals surface area contributed by atoms with Crippen molar-refractivity contribution in [2.24, 2.45) is 0 Å². The standard InChI is InChI=1S/C9H6N4/c10-4-6-5-13-7-2-1-3-12-9(7)8(6)11/h1-3,5H,(H2,11,13). The van der Waals surface area contributed by atoms with Crippen molar-refractivity contribution in [1.82, 2.24) is 9.97 Å². The number of fused-ring (bicyclic) bond motifs is 1. The quantitative estimate of drug-likeness (QED) is 0.641. The third kappa shape index (κ3) is 1.07. The topological polar surface area (TPSA) is 75.6 Å². The fourth-order valence-electron chi connectivity index (χ4n) is 1.13. The summed E-state index contributed by atoms with van der Waals surface area (Å²) in [5.74, 6) is 0. The van der Waals surface area contributed by atoms with Crippen molar-refractivity contribution in [2.75, 3.05) is 5.73 Å².